The number of alkyl halides is 1. The van der Waals surface area contributed by atoms with Crippen molar-refractivity contribution in [2.24, 2.45) is 5.92 Å². The second kappa shape index (κ2) is 4.61. The Balaban J connectivity index is 2.39. The molecule has 1 atom stereocenters. The lowest BCUT2D eigenvalue weighted by atomic mass is 9.85. The molecule has 1 aliphatic carbocycles. The van der Waals surface area contributed by atoms with Gasteiger partial charge in [0.05, 0.1) is 5.88 Å². The van der Waals surface area contributed by atoms with Gasteiger partial charge in [-0.05, 0) is 12.8 Å². The Bertz CT molecular complexity index is 189. The third-order valence-corrected chi connectivity index (χ3v) is 2.60. The van der Waals surface area contributed by atoms with Crippen molar-refractivity contribution < 1.29 is 9.59 Å². The molecule has 1 unspecified atom stereocenters. The predicted octanol–water partition coefficient (Wildman–Crippen LogP) is 1.94. The summed E-state index contributed by atoms with van der Waals surface area (Å²) in [5.74, 6) is 0.269. The second-order valence-electron chi connectivity index (χ2n) is 3.29. The van der Waals surface area contributed by atoms with Gasteiger partial charge < -0.3 is 0 Å². The minimum absolute atomic E-state index is 0.00285. The van der Waals surface area contributed by atoms with Gasteiger partial charge in [0.25, 0.3) is 0 Å². The topological polar surface area (TPSA) is 34.1 Å². The molecule has 0 saturated heterocycles. The Kier molecular flexibility index (Phi) is 3.73. The highest BCUT2D eigenvalue weighted by molar-refractivity contribution is 6.27. The predicted molar refractivity (Wildman–Crippen MR) is 47.3 cm³/mol. The van der Waals surface area contributed by atoms with Crippen molar-refractivity contribution >= 4 is 23.2 Å². The lowest BCUT2D eigenvalue weighted by Crippen LogP contribution is -2.22. The van der Waals surface area contributed by atoms with Gasteiger partial charge in [0.1, 0.15) is 11.6 Å². The van der Waals surface area contributed by atoms with Crippen LogP contribution in [0.15, 0.2) is 0 Å². The van der Waals surface area contributed by atoms with Gasteiger partial charge in [-0.25, -0.2) is 0 Å². The highest BCUT2D eigenvalue weighted by Crippen LogP contribution is 2.23. The zero-order chi connectivity index (χ0) is 8.97. The Hall–Kier alpha value is -0.370. The van der Waals surface area contributed by atoms with Crippen LogP contribution in [-0.4, -0.2) is 17.4 Å². The average Bonchev–Trinajstić information content (AvgIpc) is 2.09. The van der Waals surface area contributed by atoms with E-state index in [1.807, 2.05) is 0 Å². The number of carbonyl (C=O) groups is 2. The number of Topliss-reactive ketones (excluding diaryl/α,β-unsaturated/α-hetero) is 2. The number of halogens is 1. The summed E-state index contributed by atoms with van der Waals surface area (Å²) in [7, 11) is 0. The Morgan fingerprint density at radius 3 is 2.83 bits per heavy atom. The lowest BCUT2D eigenvalue weighted by Gasteiger charge is -2.18. The van der Waals surface area contributed by atoms with Crippen molar-refractivity contribution in [3.63, 3.8) is 0 Å². The molecule has 0 radical (unpaired) electrons. The monoisotopic (exact) mass is 188 g/mol. The molecular weight excluding hydrogens is 176 g/mol. The van der Waals surface area contributed by atoms with Crippen molar-refractivity contribution in [3.8, 4) is 0 Å². The standard InChI is InChI=1S/C9H13ClO2/c10-6-8(11)5-7-3-1-2-4-9(7)12/h7H,1-6H2. The van der Waals surface area contributed by atoms with Gasteiger partial charge >= 0.3 is 0 Å². The third kappa shape index (κ3) is 2.59. The van der Waals surface area contributed by atoms with E-state index in [-0.39, 0.29) is 23.4 Å². The molecule has 1 saturated carbocycles. The van der Waals surface area contributed by atoms with Crippen LogP contribution in [0.2, 0.25) is 0 Å². The number of hydrogen-bond acceptors (Lipinski definition) is 2. The van der Waals surface area contributed by atoms with Gasteiger partial charge in [0, 0.05) is 18.8 Å². The maximum atomic E-state index is 11.3. The van der Waals surface area contributed by atoms with E-state index in [0.717, 1.165) is 19.3 Å². The van der Waals surface area contributed by atoms with Crippen LogP contribution in [0.3, 0.4) is 0 Å². The summed E-state index contributed by atoms with van der Waals surface area (Å²) in [4.78, 5) is 22.2. The van der Waals surface area contributed by atoms with Crippen molar-refractivity contribution in [1.29, 1.82) is 0 Å². The molecule has 1 rings (SSSR count). The van der Waals surface area contributed by atoms with Crippen molar-refractivity contribution in [1.82, 2.24) is 0 Å². The van der Waals surface area contributed by atoms with Crippen LogP contribution in [0.25, 0.3) is 0 Å². The van der Waals surface area contributed by atoms with E-state index in [1.165, 1.54) is 0 Å². The first-order valence-electron chi connectivity index (χ1n) is 4.34. The normalized spacial score (nSPS) is 24.1. The molecule has 68 valence electrons. The van der Waals surface area contributed by atoms with Crippen LogP contribution in [0, 0.1) is 5.92 Å². The molecule has 12 heavy (non-hydrogen) atoms. The van der Waals surface area contributed by atoms with E-state index in [4.69, 9.17) is 11.6 Å². The van der Waals surface area contributed by atoms with Gasteiger partial charge in [-0.3, -0.25) is 9.59 Å². The molecule has 2 nitrogen and oxygen atoms in total. The molecule has 1 fully saturated rings. The summed E-state index contributed by atoms with van der Waals surface area (Å²) < 4.78 is 0. The average molecular weight is 189 g/mol. The minimum atomic E-state index is -0.0231. The molecule has 0 aromatic carbocycles. The molecule has 0 heterocycles. The molecule has 0 spiro atoms. The van der Waals surface area contributed by atoms with E-state index in [1.54, 1.807) is 0 Å². The Morgan fingerprint density at radius 1 is 1.50 bits per heavy atom. The fourth-order valence-corrected chi connectivity index (χ4v) is 1.71. The SMILES string of the molecule is O=C(CCl)CC1CCCCC1=O. The van der Waals surface area contributed by atoms with Crippen LogP contribution < -0.4 is 0 Å². The second-order valence-corrected chi connectivity index (χ2v) is 3.55. The highest BCUT2D eigenvalue weighted by atomic mass is 35.5. The van der Waals surface area contributed by atoms with E-state index >= 15 is 0 Å². The molecule has 0 aromatic rings. The zero-order valence-corrected chi connectivity index (χ0v) is 7.77. The molecule has 0 N–H and O–H groups in total. The van der Waals surface area contributed by atoms with Crippen LogP contribution in [0.4, 0.5) is 0 Å². The number of rotatable bonds is 3. The van der Waals surface area contributed by atoms with Crippen molar-refractivity contribution in [2.75, 3.05) is 5.88 Å². The molecule has 0 amide bonds. The van der Waals surface area contributed by atoms with Gasteiger partial charge in [-0.15, -0.1) is 11.6 Å². The fraction of sp³-hybridized carbons (Fsp3) is 0.778. The van der Waals surface area contributed by atoms with E-state index < -0.39 is 0 Å². The lowest BCUT2D eigenvalue weighted by molar-refractivity contribution is -0.128. The molecule has 0 aromatic heterocycles. The molecule has 1 aliphatic rings. The summed E-state index contributed by atoms with van der Waals surface area (Å²) in [6, 6.07) is 0. The summed E-state index contributed by atoms with van der Waals surface area (Å²) in [6.45, 7) is 0. The first kappa shape index (κ1) is 9.72. The van der Waals surface area contributed by atoms with Gasteiger partial charge in [-0.1, -0.05) is 6.42 Å². The smallest absolute Gasteiger partial charge is 0.148 e. The molecule has 3 heteroatoms. The van der Waals surface area contributed by atoms with Crippen LogP contribution in [0.5, 0.6) is 0 Å². The van der Waals surface area contributed by atoms with E-state index in [9.17, 15) is 9.59 Å². The molecule has 0 bridgehead atoms. The largest absolute Gasteiger partial charge is 0.299 e. The third-order valence-electron chi connectivity index (χ3n) is 2.30. The van der Waals surface area contributed by atoms with Crippen LogP contribution >= 0.6 is 11.6 Å². The first-order chi connectivity index (χ1) is 5.74. The quantitative estimate of drug-likeness (QED) is 0.635. The Labute approximate surface area is 77.3 Å². The Morgan fingerprint density at radius 2 is 2.25 bits per heavy atom. The van der Waals surface area contributed by atoms with E-state index in [2.05, 4.69) is 0 Å². The van der Waals surface area contributed by atoms with Crippen LogP contribution in [-0.2, 0) is 9.59 Å². The summed E-state index contributed by atoms with van der Waals surface area (Å²) in [5.41, 5.74) is 0. The van der Waals surface area contributed by atoms with Gasteiger partial charge in [-0.2, -0.15) is 0 Å². The van der Waals surface area contributed by atoms with Crippen molar-refractivity contribution in [2.45, 2.75) is 32.1 Å². The number of ketones is 2. The summed E-state index contributed by atoms with van der Waals surface area (Å²) in [6.07, 6.45) is 3.96. The molecular formula is C9H13ClO2. The number of hydrogen-bond donors (Lipinski definition) is 0. The first-order valence-corrected chi connectivity index (χ1v) is 4.88. The van der Waals surface area contributed by atoms with Crippen molar-refractivity contribution in [3.05, 3.63) is 0 Å². The summed E-state index contributed by atoms with van der Waals surface area (Å²) in [5, 5.41) is 0. The summed E-state index contributed by atoms with van der Waals surface area (Å²) >= 11 is 5.36. The highest BCUT2D eigenvalue weighted by Gasteiger charge is 2.23. The maximum Gasteiger partial charge on any atom is 0.148 e. The van der Waals surface area contributed by atoms with Gasteiger partial charge in [0.2, 0.25) is 0 Å². The zero-order valence-electron chi connectivity index (χ0n) is 7.01. The fourth-order valence-electron chi connectivity index (χ4n) is 1.60. The number of carbonyl (C=O) groups excluding carboxylic acids is 2. The van der Waals surface area contributed by atoms with Crippen LogP contribution in [0.1, 0.15) is 32.1 Å². The minimum Gasteiger partial charge on any atom is -0.299 e. The van der Waals surface area contributed by atoms with Gasteiger partial charge in [0.15, 0.2) is 0 Å². The maximum absolute atomic E-state index is 11.3. The van der Waals surface area contributed by atoms with E-state index in [0.29, 0.717) is 12.8 Å². The molecule has 0 aliphatic heterocycles.